The predicted molar refractivity (Wildman–Crippen MR) is 76.5 cm³/mol. The zero-order valence-electron chi connectivity index (χ0n) is 11.8. The van der Waals surface area contributed by atoms with Crippen molar-refractivity contribution in [1.82, 2.24) is 10.2 Å². The lowest BCUT2D eigenvalue weighted by Gasteiger charge is -2.23. The quantitative estimate of drug-likeness (QED) is 0.741. The average molecular weight is 250 g/mol. The van der Waals surface area contributed by atoms with Gasteiger partial charge in [0.15, 0.2) is 0 Å². The van der Waals surface area contributed by atoms with E-state index in [-0.39, 0.29) is 6.61 Å². The summed E-state index contributed by atoms with van der Waals surface area (Å²) in [6.45, 7) is 10.9. The maximum atomic E-state index is 9.10. The van der Waals surface area contributed by atoms with Crippen LogP contribution in [0.4, 0.5) is 0 Å². The minimum absolute atomic E-state index is 0.114. The lowest BCUT2D eigenvalue weighted by atomic mass is 10.1. The van der Waals surface area contributed by atoms with Crippen LogP contribution in [0.15, 0.2) is 24.3 Å². The van der Waals surface area contributed by atoms with Crippen LogP contribution in [0, 0.1) is 0 Å². The fraction of sp³-hybridized carbons (Fsp3) is 0.600. The number of nitrogens with zero attached hydrogens (tertiary/aromatic N) is 1. The van der Waals surface area contributed by atoms with Gasteiger partial charge < -0.3 is 15.3 Å². The molecule has 2 N–H and O–H groups in total. The third-order valence-corrected chi connectivity index (χ3v) is 3.26. The van der Waals surface area contributed by atoms with Crippen molar-refractivity contribution in [2.45, 2.75) is 40.0 Å². The molecule has 0 aliphatic rings. The Labute approximate surface area is 111 Å². The van der Waals surface area contributed by atoms with E-state index in [9.17, 15) is 0 Å². The van der Waals surface area contributed by atoms with Gasteiger partial charge in [-0.2, -0.15) is 0 Å². The minimum atomic E-state index is 0.114. The van der Waals surface area contributed by atoms with E-state index in [2.05, 4.69) is 43.1 Å². The molecule has 3 nitrogen and oxygen atoms in total. The van der Waals surface area contributed by atoms with E-state index in [1.807, 2.05) is 12.1 Å². The fourth-order valence-electron chi connectivity index (χ4n) is 2.06. The topological polar surface area (TPSA) is 35.5 Å². The summed E-state index contributed by atoms with van der Waals surface area (Å²) in [5.74, 6) is 0. The molecule has 0 aliphatic heterocycles. The van der Waals surface area contributed by atoms with Crippen molar-refractivity contribution >= 4 is 0 Å². The van der Waals surface area contributed by atoms with Gasteiger partial charge in [-0.3, -0.25) is 0 Å². The molecule has 0 aliphatic carbocycles. The van der Waals surface area contributed by atoms with E-state index in [0.29, 0.717) is 6.04 Å². The van der Waals surface area contributed by atoms with E-state index in [1.54, 1.807) is 0 Å². The SMILES string of the molecule is CCN(CC)C[C@@H](C)NCc1cccc(CO)c1. The molecule has 0 amide bonds. The number of hydrogen-bond acceptors (Lipinski definition) is 3. The van der Waals surface area contributed by atoms with Crippen molar-refractivity contribution in [3.63, 3.8) is 0 Å². The van der Waals surface area contributed by atoms with Gasteiger partial charge in [0.25, 0.3) is 0 Å². The lowest BCUT2D eigenvalue weighted by Crippen LogP contribution is -2.38. The summed E-state index contributed by atoms with van der Waals surface area (Å²) in [5.41, 5.74) is 2.21. The van der Waals surface area contributed by atoms with Gasteiger partial charge in [-0.25, -0.2) is 0 Å². The van der Waals surface area contributed by atoms with Crippen LogP contribution >= 0.6 is 0 Å². The largest absolute Gasteiger partial charge is 0.392 e. The van der Waals surface area contributed by atoms with E-state index in [0.717, 1.165) is 31.7 Å². The summed E-state index contributed by atoms with van der Waals surface area (Å²) < 4.78 is 0. The molecular formula is C15H26N2O. The normalized spacial score (nSPS) is 12.9. The Hall–Kier alpha value is -0.900. The Morgan fingerprint density at radius 3 is 2.50 bits per heavy atom. The third kappa shape index (κ3) is 5.17. The summed E-state index contributed by atoms with van der Waals surface area (Å²) >= 11 is 0. The standard InChI is InChI=1S/C15H26N2O/c1-4-17(5-2)11-13(3)16-10-14-7-6-8-15(9-14)12-18/h6-9,13,16,18H,4-5,10-12H2,1-3H3/t13-/m1/s1. The Morgan fingerprint density at radius 1 is 1.22 bits per heavy atom. The molecule has 1 atom stereocenters. The van der Waals surface area contributed by atoms with Crippen LogP contribution in [0.25, 0.3) is 0 Å². The highest BCUT2D eigenvalue weighted by molar-refractivity contribution is 5.22. The van der Waals surface area contributed by atoms with Crippen LogP contribution in [-0.4, -0.2) is 35.7 Å². The van der Waals surface area contributed by atoms with Crippen molar-refractivity contribution < 1.29 is 5.11 Å². The summed E-state index contributed by atoms with van der Waals surface area (Å²) in [6, 6.07) is 8.57. The monoisotopic (exact) mass is 250 g/mol. The first kappa shape index (κ1) is 15.2. The lowest BCUT2D eigenvalue weighted by molar-refractivity contribution is 0.270. The van der Waals surface area contributed by atoms with Crippen molar-refractivity contribution in [3.8, 4) is 0 Å². The van der Waals surface area contributed by atoms with Crippen molar-refractivity contribution in [2.24, 2.45) is 0 Å². The molecule has 1 aromatic carbocycles. The Morgan fingerprint density at radius 2 is 1.89 bits per heavy atom. The van der Waals surface area contributed by atoms with Crippen LogP contribution in [0.3, 0.4) is 0 Å². The molecule has 0 radical (unpaired) electrons. The molecule has 1 rings (SSSR count). The third-order valence-electron chi connectivity index (χ3n) is 3.26. The number of aliphatic hydroxyl groups is 1. The highest BCUT2D eigenvalue weighted by Gasteiger charge is 2.06. The Bertz CT molecular complexity index is 337. The van der Waals surface area contributed by atoms with Gasteiger partial charge in [-0.05, 0) is 31.1 Å². The summed E-state index contributed by atoms with van der Waals surface area (Å²) in [6.07, 6.45) is 0. The van der Waals surface area contributed by atoms with Gasteiger partial charge in [0.2, 0.25) is 0 Å². The number of hydrogen-bond donors (Lipinski definition) is 2. The molecule has 1 aromatic rings. The number of aliphatic hydroxyl groups excluding tert-OH is 1. The zero-order chi connectivity index (χ0) is 13.4. The molecular weight excluding hydrogens is 224 g/mol. The minimum Gasteiger partial charge on any atom is -0.392 e. The van der Waals surface area contributed by atoms with Crippen molar-refractivity contribution in [1.29, 1.82) is 0 Å². The zero-order valence-corrected chi connectivity index (χ0v) is 11.8. The molecule has 0 fully saturated rings. The molecule has 18 heavy (non-hydrogen) atoms. The summed E-state index contributed by atoms with van der Waals surface area (Å²) in [4.78, 5) is 2.42. The maximum Gasteiger partial charge on any atom is 0.0681 e. The van der Waals surface area contributed by atoms with E-state index in [1.165, 1.54) is 5.56 Å². The second kappa shape index (κ2) is 8.25. The first-order valence-corrected chi connectivity index (χ1v) is 6.84. The average Bonchev–Trinajstić information content (AvgIpc) is 2.42. The van der Waals surface area contributed by atoms with Gasteiger partial charge in [0, 0.05) is 19.1 Å². The van der Waals surface area contributed by atoms with Crippen LogP contribution < -0.4 is 5.32 Å². The van der Waals surface area contributed by atoms with Gasteiger partial charge in [0.05, 0.1) is 6.61 Å². The number of likely N-dealkylation sites (N-methyl/N-ethyl adjacent to an activating group) is 1. The Balaban J connectivity index is 2.39. The number of benzene rings is 1. The maximum absolute atomic E-state index is 9.10. The Kier molecular flexibility index (Phi) is 6.94. The molecule has 0 spiro atoms. The van der Waals surface area contributed by atoms with Gasteiger partial charge >= 0.3 is 0 Å². The molecule has 3 heteroatoms. The molecule has 0 aromatic heterocycles. The van der Waals surface area contributed by atoms with Crippen LogP contribution in [-0.2, 0) is 13.2 Å². The highest BCUT2D eigenvalue weighted by atomic mass is 16.3. The fourth-order valence-corrected chi connectivity index (χ4v) is 2.06. The molecule has 0 unspecified atom stereocenters. The second-order valence-corrected chi connectivity index (χ2v) is 4.75. The van der Waals surface area contributed by atoms with Crippen molar-refractivity contribution in [2.75, 3.05) is 19.6 Å². The van der Waals surface area contributed by atoms with Crippen LogP contribution in [0.5, 0.6) is 0 Å². The summed E-state index contributed by atoms with van der Waals surface area (Å²) in [5, 5.41) is 12.6. The van der Waals surface area contributed by atoms with Gasteiger partial charge in [-0.15, -0.1) is 0 Å². The van der Waals surface area contributed by atoms with E-state index >= 15 is 0 Å². The number of rotatable bonds is 8. The van der Waals surface area contributed by atoms with Crippen LogP contribution in [0.2, 0.25) is 0 Å². The van der Waals surface area contributed by atoms with E-state index in [4.69, 9.17) is 5.11 Å². The smallest absolute Gasteiger partial charge is 0.0681 e. The molecule has 0 heterocycles. The van der Waals surface area contributed by atoms with Crippen LogP contribution in [0.1, 0.15) is 31.9 Å². The van der Waals surface area contributed by atoms with Gasteiger partial charge in [-0.1, -0.05) is 38.1 Å². The van der Waals surface area contributed by atoms with Crippen molar-refractivity contribution in [3.05, 3.63) is 35.4 Å². The summed E-state index contributed by atoms with van der Waals surface area (Å²) in [7, 11) is 0. The molecule has 102 valence electrons. The first-order valence-electron chi connectivity index (χ1n) is 6.84. The molecule has 0 bridgehead atoms. The molecule has 0 saturated heterocycles. The highest BCUT2D eigenvalue weighted by Crippen LogP contribution is 2.05. The number of nitrogens with one attached hydrogen (secondary N) is 1. The first-order chi connectivity index (χ1) is 8.69. The second-order valence-electron chi connectivity index (χ2n) is 4.75. The van der Waals surface area contributed by atoms with E-state index < -0.39 is 0 Å². The molecule has 0 saturated carbocycles. The predicted octanol–water partition coefficient (Wildman–Crippen LogP) is 2.00. The van der Waals surface area contributed by atoms with Gasteiger partial charge in [0.1, 0.15) is 0 Å².